The zero-order valence-corrected chi connectivity index (χ0v) is 22.9. The fraction of sp³-hybridized carbons (Fsp3) is 0.214. The second-order valence-electron chi connectivity index (χ2n) is 9.66. The summed E-state index contributed by atoms with van der Waals surface area (Å²) in [6, 6.07) is 10.3. The van der Waals surface area contributed by atoms with E-state index in [1.54, 1.807) is 22.9 Å². The second-order valence-corrected chi connectivity index (χ2v) is 13.0. The summed E-state index contributed by atoms with van der Waals surface area (Å²) in [5.41, 5.74) is 2.96. The Morgan fingerprint density at radius 1 is 1.25 bits per heavy atom. The highest BCUT2D eigenvalue weighted by atomic mass is 32.3. The highest BCUT2D eigenvalue weighted by molar-refractivity contribution is 8.00. The lowest BCUT2D eigenvalue weighted by atomic mass is 9.96. The summed E-state index contributed by atoms with van der Waals surface area (Å²) >= 11 is 1.13. The summed E-state index contributed by atoms with van der Waals surface area (Å²) in [5, 5.41) is 30.5. The van der Waals surface area contributed by atoms with Crippen molar-refractivity contribution < 1.29 is 22.9 Å². The quantitative estimate of drug-likeness (QED) is 0.211. The van der Waals surface area contributed by atoms with Crippen LogP contribution in [0.3, 0.4) is 0 Å². The Kier molecular flexibility index (Phi) is 7.34. The van der Waals surface area contributed by atoms with Crippen molar-refractivity contribution in [3.8, 4) is 34.3 Å². The number of nitriles is 1. The number of carboxylic acid groups (broad SMARTS) is 1. The second kappa shape index (κ2) is 10.7. The van der Waals surface area contributed by atoms with E-state index in [4.69, 9.17) is 15.5 Å². The molecular formula is C28H23F2N5O3S2. The molecule has 1 aliphatic carbocycles. The van der Waals surface area contributed by atoms with E-state index in [1.165, 1.54) is 35.9 Å². The molecule has 0 bridgehead atoms. The van der Waals surface area contributed by atoms with Crippen LogP contribution in [0.25, 0.3) is 16.4 Å². The van der Waals surface area contributed by atoms with Crippen LogP contribution in [-0.2, 0) is 23.0 Å². The average molecular weight is 580 g/mol. The molecule has 1 fully saturated rings. The lowest BCUT2D eigenvalue weighted by Gasteiger charge is -2.15. The van der Waals surface area contributed by atoms with Crippen LogP contribution in [-0.4, -0.2) is 36.3 Å². The van der Waals surface area contributed by atoms with Gasteiger partial charge < -0.3 is 5.11 Å². The average Bonchev–Trinajstić information content (AvgIpc) is 3.45. The third kappa shape index (κ3) is 5.70. The van der Waals surface area contributed by atoms with Gasteiger partial charge in [-0.3, -0.25) is 9.35 Å². The largest absolute Gasteiger partial charge is 0.476 e. The monoisotopic (exact) mass is 579 g/mol. The van der Waals surface area contributed by atoms with Crippen molar-refractivity contribution in [1.82, 2.24) is 14.8 Å². The number of aromatic carboxylic acids is 1. The van der Waals surface area contributed by atoms with Crippen molar-refractivity contribution in [3.05, 3.63) is 81.5 Å². The molecule has 3 N–H and O–H groups in total. The fourth-order valence-electron chi connectivity index (χ4n) is 4.41. The van der Waals surface area contributed by atoms with Gasteiger partial charge in [0, 0.05) is 35.1 Å². The Labute approximate surface area is 233 Å². The normalized spacial score (nSPS) is 13.4. The number of halogens is 2. The molecule has 0 amide bonds. The number of rotatable bonds is 8. The number of nitrogens with zero attached hydrogens (tertiary/aromatic N) is 4. The minimum Gasteiger partial charge on any atom is -0.476 e. The summed E-state index contributed by atoms with van der Waals surface area (Å²) in [5.74, 6) is 2.66. The molecule has 12 heteroatoms. The van der Waals surface area contributed by atoms with E-state index >= 15 is 0 Å². The van der Waals surface area contributed by atoms with Crippen LogP contribution in [0.2, 0.25) is 0 Å². The standard InChI is InChI=1S/C28H23F2N5O3S2/c1-40(32,38)25-9-6-17(12-22(25)30)11-20-24(13-16-4-5-16)35(28-33-23(15-39-28)27(36)37)34-26(20)19-7-8-21(29)18(14-19)3-2-10-31/h6-9,12,14-16,40H,4-5,11,13H2,1H3,(H2,32,38)(H,36,37). The van der Waals surface area contributed by atoms with Crippen LogP contribution in [0.5, 0.6) is 0 Å². The maximum atomic E-state index is 14.9. The van der Waals surface area contributed by atoms with Gasteiger partial charge in [-0.15, -0.1) is 11.3 Å². The SMILES string of the molecule is C[SH](N)(=O)c1ccc(Cc2c(-c3ccc(F)c(C#CC#N)c3)nn(-c3nc(C(=O)O)cs3)c2CC2CC2)cc1F. The molecular weight excluding hydrogens is 556 g/mol. The Hall–Kier alpha value is -4.23. The van der Waals surface area contributed by atoms with Crippen molar-refractivity contribution in [3.63, 3.8) is 0 Å². The van der Waals surface area contributed by atoms with E-state index < -0.39 is 27.7 Å². The predicted octanol–water partition coefficient (Wildman–Crippen LogP) is 4.27. The van der Waals surface area contributed by atoms with Gasteiger partial charge in [0.05, 0.1) is 21.8 Å². The molecule has 2 aromatic carbocycles. The van der Waals surface area contributed by atoms with Gasteiger partial charge in [0.2, 0.25) is 5.13 Å². The molecule has 1 aliphatic rings. The van der Waals surface area contributed by atoms with Gasteiger partial charge in [-0.1, -0.05) is 6.07 Å². The molecule has 0 radical (unpaired) electrons. The molecule has 0 atom stereocenters. The van der Waals surface area contributed by atoms with E-state index in [9.17, 15) is 22.9 Å². The summed E-state index contributed by atoms with van der Waals surface area (Å²) < 4.78 is 43.3. The van der Waals surface area contributed by atoms with Crippen molar-refractivity contribution in [2.24, 2.45) is 11.1 Å². The Bertz CT molecular complexity index is 1800. The lowest BCUT2D eigenvalue weighted by Crippen LogP contribution is -2.22. The van der Waals surface area contributed by atoms with Gasteiger partial charge in [0.15, 0.2) is 11.8 Å². The topological polar surface area (TPSA) is 135 Å². The molecule has 2 heterocycles. The third-order valence-electron chi connectivity index (χ3n) is 6.53. The van der Waals surface area contributed by atoms with Crippen molar-refractivity contribution in [2.75, 3.05) is 6.26 Å². The molecule has 0 aliphatic heterocycles. The third-order valence-corrected chi connectivity index (χ3v) is 8.66. The number of aromatic nitrogens is 3. The Balaban J connectivity index is 1.71. The molecule has 0 unspecified atom stereocenters. The van der Waals surface area contributed by atoms with Crippen LogP contribution in [0, 0.1) is 40.7 Å². The van der Waals surface area contributed by atoms with Gasteiger partial charge in [-0.05, 0) is 77.1 Å². The minimum absolute atomic E-state index is 0.0164. The van der Waals surface area contributed by atoms with Crippen LogP contribution < -0.4 is 5.14 Å². The van der Waals surface area contributed by atoms with Gasteiger partial charge in [-0.25, -0.2) is 23.2 Å². The molecule has 8 nitrogen and oxygen atoms in total. The predicted molar refractivity (Wildman–Crippen MR) is 148 cm³/mol. The van der Waals surface area contributed by atoms with Crippen molar-refractivity contribution in [1.29, 1.82) is 5.26 Å². The van der Waals surface area contributed by atoms with Gasteiger partial charge in [0.25, 0.3) is 0 Å². The van der Waals surface area contributed by atoms with Crippen molar-refractivity contribution >= 4 is 27.4 Å². The number of nitrogens with two attached hydrogens (primary N) is 1. The maximum Gasteiger partial charge on any atom is 0.355 e. The van der Waals surface area contributed by atoms with Gasteiger partial charge >= 0.3 is 5.97 Å². The molecule has 2 aromatic heterocycles. The molecule has 5 rings (SSSR count). The zero-order valence-electron chi connectivity index (χ0n) is 21.2. The molecule has 0 saturated heterocycles. The van der Waals surface area contributed by atoms with E-state index in [-0.39, 0.29) is 22.6 Å². The van der Waals surface area contributed by atoms with Gasteiger partial charge in [0.1, 0.15) is 11.6 Å². The summed E-state index contributed by atoms with van der Waals surface area (Å²) in [7, 11) is -3.31. The zero-order chi connectivity index (χ0) is 28.6. The summed E-state index contributed by atoms with van der Waals surface area (Å²) in [6.45, 7) is 0. The lowest BCUT2D eigenvalue weighted by molar-refractivity contribution is 0.0691. The number of hydrogen-bond acceptors (Lipinski definition) is 6. The van der Waals surface area contributed by atoms with Gasteiger partial charge in [-0.2, -0.15) is 10.4 Å². The number of hydrogen-bond donors (Lipinski definition) is 3. The minimum atomic E-state index is -3.31. The number of benzene rings is 2. The first-order valence-corrected chi connectivity index (χ1v) is 15.3. The van der Waals surface area contributed by atoms with Crippen LogP contribution >= 0.6 is 11.3 Å². The van der Waals surface area contributed by atoms with Crippen molar-refractivity contribution in [2.45, 2.75) is 30.6 Å². The van der Waals surface area contributed by atoms with Crippen LogP contribution in [0.4, 0.5) is 8.78 Å². The first-order chi connectivity index (χ1) is 19.0. The highest BCUT2D eigenvalue weighted by Gasteiger charge is 2.29. The van der Waals surface area contributed by atoms with E-state index in [1.807, 2.05) is 0 Å². The van der Waals surface area contributed by atoms with Crippen LogP contribution in [0.15, 0.2) is 46.7 Å². The summed E-state index contributed by atoms with van der Waals surface area (Å²) in [6.07, 6.45) is 4.19. The Morgan fingerprint density at radius 3 is 2.65 bits per heavy atom. The molecule has 1 saturated carbocycles. The number of carbonyl (C=O) groups is 1. The Morgan fingerprint density at radius 2 is 2.02 bits per heavy atom. The number of thiol groups is 1. The summed E-state index contributed by atoms with van der Waals surface area (Å²) in [4.78, 5) is 15.7. The molecule has 204 valence electrons. The van der Waals surface area contributed by atoms with Crippen LogP contribution in [0.1, 0.15) is 45.7 Å². The van der Waals surface area contributed by atoms with E-state index in [2.05, 4.69) is 16.8 Å². The highest BCUT2D eigenvalue weighted by Crippen LogP contribution is 2.38. The fourth-order valence-corrected chi connectivity index (χ4v) is 6.05. The smallest absolute Gasteiger partial charge is 0.355 e. The maximum absolute atomic E-state index is 14.9. The first kappa shape index (κ1) is 27.3. The number of carboxylic acids is 1. The molecule has 0 spiro atoms. The molecule has 4 aromatic rings. The van der Waals surface area contributed by atoms with E-state index in [0.717, 1.165) is 35.4 Å². The van der Waals surface area contributed by atoms with E-state index in [0.29, 0.717) is 34.3 Å². The molecule has 40 heavy (non-hydrogen) atoms. The number of thiazole rings is 1. The first-order valence-electron chi connectivity index (χ1n) is 12.2.